The Morgan fingerprint density at radius 2 is 1.91 bits per heavy atom. The number of amides is 1. The summed E-state index contributed by atoms with van der Waals surface area (Å²) in [6.45, 7) is 2.31. The highest BCUT2D eigenvalue weighted by Crippen LogP contribution is 2.35. The molecule has 0 bridgehead atoms. The fourth-order valence-corrected chi connectivity index (χ4v) is 4.60. The van der Waals surface area contributed by atoms with Gasteiger partial charge in [0.25, 0.3) is 0 Å². The summed E-state index contributed by atoms with van der Waals surface area (Å²) in [4.78, 5) is 26.3. The fourth-order valence-electron chi connectivity index (χ4n) is 4.60. The number of rotatable bonds is 6. The molecule has 1 aromatic heterocycles. The van der Waals surface area contributed by atoms with E-state index >= 15 is 0 Å². The molecule has 172 valence electrons. The molecule has 1 atom stereocenters. The second-order valence-electron chi connectivity index (χ2n) is 8.94. The zero-order chi connectivity index (χ0) is 22.5. The molecular weight excluding hydrogens is 404 g/mol. The van der Waals surface area contributed by atoms with Crippen LogP contribution in [0.25, 0.3) is 11.1 Å². The van der Waals surface area contributed by atoms with Gasteiger partial charge in [-0.25, -0.2) is 9.97 Å². The lowest BCUT2D eigenvalue weighted by Crippen LogP contribution is -2.40. The number of benzene rings is 1. The Balaban J connectivity index is 1.48. The van der Waals surface area contributed by atoms with Gasteiger partial charge < -0.3 is 19.3 Å². The summed E-state index contributed by atoms with van der Waals surface area (Å²) in [7, 11) is 5.59. The zero-order valence-corrected chi connectivity index (χ0v) is 19.4. The number of hydrogen-bond acceptors (Lipinski definition) is 6. The van der Waals surface area contributed by atoms with Crippen molar-refractivity contribution in [1.82, 2.24) is 14.9 Å². The first-order chi connectivity index (χ1) is 15.5. The number of anilines is 1. The molecule has 0 radical (unpaired) electrons. The van der Waals surface area contributed by atoms with Crippen molar-refractivity contribution in [3.05, 3.63) is 36.2 Å². The van der Waals surface area contributed by atoms with Crippen LogP contribution in [0.3, 0.4) is 0 Å². The number of aromatic nitrogens is 2. The third kappa shape index (κ3) is 5.21. The third-order valence-corrected chi connectivity index (χ3v) is 6.52. The number of likely N-dealkylation sites (tertiary alicyclic amines) is 1. The van der Waals surface area contributed by atoms with E-state index in [0.29, 0.717) is 18.3 Å². The summed E-state index contributed by atoms with van der Waals surface area (Å²) in [6, 6.07) is 8.04. The summed E-state index contributed by atoms with van der Waals surface area (Å²) in [5.41, 5.74) is 3.20. The first kappa shape index (κ1) is 22.5. The van der Waals surface area contributed by atoms with Gasteiger partial charge in [0.15, 0.2) is 0 Å². The lowest BCUT2D eigenvalue weighted by Gasteiger charge is -2.34. The Morgan fingerprint density at radius 3 is 2.53 bits per heavy atom. The molecule has 7 heteroatoms. The molecule has 2 saturated heterocycles. The first-order valence-corrected chi connectivity index (χ1v) is 11.6. The minimum atomic E-state index is 0.0974. The summed E-state index contributed by atoms with van der Waals surface area (Å²) >= 11 is 0. The van der Waals surface area contributed by atoms with Crippen LogP contribution < -0.4 is 9.64 Å². The largest absolute Gasteiger partial charge is 0.497 e. The van der Waals surface area contributed by atoms with Gasteiger partial charge in [0.05, 0.1) is 25.3 Å². The smallest absolute Gasteiger partial charge is 0.225 e. The van der Waals surface area contributed by atoms with Gasteiger partial charge in [-0.05, 0) is 49.8 Å². The second-order valence-corrected chi connectivity index (χ2v) is 8.94. The predicted molar refractivity (Wildman–Crippen MR) is 125 cm³/mol. The van der Waals surface area contributed by atoms with Crippen LogP contribution in [-0.2, 0) is 9.53 Å². The van der Waals surface area contributed by atoms with Gasteiger partial charge >= 0.3 is 0 Å². The van der Waals surface area contributed by atoms with Crippen molar-refractivity contribution in [2.45, 2.75) is 50.5 Å². The normalized spacial score (nSPS) is 19.6. The molecule has 0 saturated carbocycles. The number of hydrogen-bond donors (Lipinski definition) is 0. The van der Waals surface area contributed by atoms with Gasteiger partial charge in [-0.1, -0.05) is 12.1 Å². The topological polar surface area (TPSA) is 67.8 Å². The number of nitrogens with zero attached hydrogens (tertiary/aromatic N) is 4. The average molecular weight is 439 g/mol. The maximum atomic E-state index is 12.8. The molecule has 0 N–H and O–H groups in total. The van der Waals surface area contributed by atoms with E-state index in [-0.39, 0.29) is 12.0 Å². The molecule has 4 rings (SSSR count). The number of piperidine rings is 1. The number of carbonyl (C=O) groups is 1. The fraction of sp³-hybridized carbons (Fsp3) is 0.560. The molecule has 0 aliphatic carbocycles. The van der Waals surface area contributed by atoms with Crippen molar-refractivity contribution in [3.8, 4) is 16.9 Å². The van der Waals surface area contributed by atoms with Crippen LogP contribution in [0.4, 0.5) is 5.95 Å². The van der Waals surface area contributed by atoms with E-state index in [1.54, 1.807) is 7.11 Å². The molecule has 2 aromatic rings. The summed E-state index contributed by atoms with van der Waals surface area (Å²) in [6.07, 6.45) is 7.63. The van der Waals surface area contributed by atoms with Gasteiger partial charge in [0.1, 0.15) is 5.75 Å². The Morgan fingerprint density at radius 1 is 1.16 bits per heavy atom. The lowest BCUT2D eigenvalue weighted by atomic mass is 9.88. The van der Waals surface area contributed by atoms with Crippen LogP contribution in [0, 0.1) is 0 Å². The molecule has 0 spiro atoms. The van der Waals surface area contributed by atoms with Gasteiger partial charge in [-0.15, -0.1) is 0 Å². The Kier molecular flexibility index (Phi) is 7.25. The van der Waals surface area contributed by atoms with E-state index in [0.717, 1.165) is 74.4 Å². The standard InChI is InChI=1S/C25H34N4O3/c1-28(2)25-26-17-22(18-7-9-20(31-3)10-8-18)24(27-25)19-11-13-29(14-12-19)23(30)16-21-6-4-5-15-32-21/h7-10,17,19,21H,4-6,11-16H2,1-3H3. The summed E-state index contributed by atoms with van der Waals surface area (Å²) in [5, 5.41) is 0. The molecule has 2 aliphatic heterocycles. The SMILES string of the molecule is COc1ccc(-c2cnc(N(C)C)nc2C2CCN(C(=O)CC3CCCCO3)CC2)cc1. The lowest BCUT2D eigenvalue weighted by molar-refractivity contribution is -0.136. The molecule has 32 heavy (non-hydrogen) atoms. The molecule has 1 amide bonds. The minimum Gasteiger partial charge on any atom is -0.497 e. The predicted octanol–water partition coefficient (Wildman–Crippen LogP) is 3.88. The van der Waals surface area contributed by atoms with Crippen LogP contribution in [-0.4, -0.2) is 67.8 Å². The van der Waals surface area contributed by atoms with Crippen molar-refractivity contribution >= 4 is 11.9 Å². The first-order valence-electron chi connectivity index (χ1n) is 11.6. The molecule has 3 heterocycles. The van der Waals surface area contributed by atoms with Crippen LogP contribution in [0.5, 0.6) is 5.75 Å². The highest BCUT2D eigenvalue weighted by molar-refractivity contribution is 5.77. The van der Waals surface area contributed by atoms with Gasteiger partial charge in [0.2, 0.25) is 11.9 Å². The molecular formula is C25H34N4O3. The van der Waals surface area contributed by atoms with Crippen LogP contribution in [0.15, 0.2) is 30.5 Å². The number of carbonyl (C=O) groups excluding carboxylic acids is 1. The number of ether oxygens (including phenoxy) is 2. The molecule has 2 fully saturated rings. The second kappa shape index (κ2) is 10.3. The highest BCUT2D eigenvalue weighted by atomic mass is 16.5. The molecule has 1 unspecified atom stereocenters. The summed E-state index contributed by atoms with van der Waals surface area (Å²) in [5.74, 6) is 2.06. The zero-order valence-electron chi connectivity index (χ0n) is 19.4. The third-order valence-electron chi connectivity index (χ3n) is 6.52. The highest BCUT2D eigenvalue weighted by Gasteiger charge is 2.29. The van der Waals surface area contributed by atoms with Crippen molar-refractivity contribution < 1.29 is 14.3 Å². The minimum absolute atomic E-state index is 0.0974. The molecule has 7 nitrogen and oxygen atoms in total. The van der Waals surface area contributed by atoms with Gasteiger partial charge in [-0.3, -0.25) is 4.79 Å². The van der Waals surface area contributed by atoms with E-state index < -0.39 is 0 Å². The average Bonchev–Trinajstić information content (AvgIpc) is 2.84. The van der Waals surface area contributed by atoms with Crippen LogP contribution in [0.2, 0.25) is 0 Å². The van der Waals surface area contributed by atoms with E-state index in [1.807, 2.05) is 42.2 Å². The quantitative estimate of drug-likeness (QED) is 0.682. The van der Waals surface area contributed by atoms with Crippen molar-refractivity contribution in [2.75, 3.05) is 45.8 Å². The molecule has 1 aromatic carbocycles. The van der Waals surface area contributed by atoms with Crippen molar-refractivity contribution in [2.24, 2.45) is 0 Å². The van der Waals surface area contributed by atoms with Gasteiger partial charge in [-0.2, -0.15) is 0 Å². The maximum Gasteiger partial charge on any atom is 0.225 e. The Hall–Kier alpha value is -2.67. The maximum absolute atomic E-state index is 12.8. The van der Waals surface area contributed by atoms with E-state index in [9.17, 15) is 4.79 Å². The summed E-state index contributed by atoms with van der Waals surface area (Å²) < 4.78 is 11.1. The number of methoxy groups -OCH3 is 1. The van der Waals surface area contributed by atoms with Crippen LogP contribution >= 0.6 is 0 Å². The Labute approximate surface area is 190 Å². The monoisotopic (exact) mass is 438 g/mol. The van der Waals surface area contributed by atoms with E-state index in [1.165, 1.54) is 0 Å². The van der Waals surface area contributed by atoms with E-state index in [4.69, 9.17) is 14.5 Å². The van der Waals surface area contributed by atoms with E-state index in [2.05, 4.69) is 17.1 Å². The van der Waals surface area contributed by atoms with Crippen molar-refractivity contribution in [1.29, 1.82) is 0 Å². The van der Waals surface area contributed by atoms with Crippen LogP contribution in [0.1, 0.15) is 50.1 Å². The van der Waals surface area contributed by atoms with Crippen molar-refractivity contribution in [3.63, 3.8) is 0 Å². The molecule has 2 aliphatic rings. The Bertz CT molecular complexity index is 902. The van der Waals surface area contributed by atoms with Gasteiger partial charge in [0, 0.05) is 51.5 Å².